The van der Waals surface area contributed by atoms with E-state index in [9.17, 15) is 9.59 Å². The van der Waals surface area contributed by atoms with E-state index in [4.69, 9.17) is 16.7 Å². The molecule has 0 atom stereocenters. The van der Waals surface area contributed by atoms with Crippen LogP contribution < -0.4 is 4.90 Å². The lowest BCUT2D eigenvalue weighted by Gasteiger charge is -2.20. The molecule has 0 aliphatic heterocycles. The standard InChI is InChI=1S/C14H12ClNO3S/c1-9-6-7-20-13(9)14(19)16(8-12(17)18)11-4-2-10(15)3-5-11/h2-7H,8H2,1H3,(H,17,18). The molecule has 1 aromatic heterocycles. The van der Waals surface area contributed by atoms with Gasteiger partial charge < -0.3 is 5.11 Å². The molecule has 4 nitrogen and oxygen atoms in total. The van der Waals surface area contributed by atoms with Crippen LogP contribution in [0.5, 0.6) is 0 Å². The summed E-state index contributed by atoms with van der Waals surface area (Å²) in [6.07, 6.45) is 0. The molecule has 0 fully saturated rings. The molecule has 0 unspecified atom stereocenters. The van der Waals surface area contributed by atoms with Gasteiger partial charge in [-0.1, -0.05) is 11.6 Å². The number of halogens is 1. The number of rotatable bonds is 4. The van der Waals surface area contributed by atoms with E-state index in [1.165, 1.54) is 16.2 Å². The Labute approximate surface area is 125 Å². The fourth-order valence-electron chi connectivity index (χ4n) is 1.75. The van der Waals surface area contributed by atoms with Gasteiger partial charge in [0.15, 0.2) is 0 Å². The van der Waals surface area contributed by atoms with Crippen molar-refractivity contribution in [1.29, 1.82) is 0 Å². The van der Waals surface area contributed by atoms with Crippen molar-refractivity contribution < 1.29 is 14.7 Å². The number of aryl methyl sites for hydroxylation is 1. The van der Waals surface area contributed by atoms with Crippen molar-refractivity contribution in [2.45, 2.75) is 6.92 Å². The predicted molar refractivity (Wildman–Crippen MR) is 79.8 cm³/mol. The van der Waals surface area contributed by atoms with Gasteiger partial charge in [-0.25, -0.2) is 0 Å². The van der Waals surface area contributed by atoms with Crippen molar-refractivity contribution in [3.8, 4) is 0 Å². The highest BCUT2D eigenvalue weighted by atomic mass is 35.5. The number of nitrogens with zero attached hydrogens (tertiary/aromatic N) is 1. The Hall–Kier alpha value is -1.85. The van der Waals surface area contributed by atoms with Crippen LogP contribution in [0.1, 0.15) is 15.2 Å². The zero-order valence-electron chi connectivity index (χ0n) is 10.7. The van der Waals surface area contributed by atoms with E-state index in [-0.39, 0.29) is 5.91 Å². The van der Waals surface area contributed by atoms with Crippen LogP contribution in [-0.2, 0) is 4.79 Å². The number of hydrogen-bond donors (Lipinski definition) is 1. The zero-order valence-corrected chi connectivity index (χ0v) is 12.2. The molecule has 0 radical (unpaired) electrons. The van der Waals surface area contributed by atoms with Gasteiger partial charge in [-0.05, 0) is 48.2 Å². The van der Waals surface area contributed by atoms with Gasteiger partial charge in [-0.15, -0.1) is 11.3 Å². The Morgan fingerprint density at radius 2 is 1.90 bits per heavy atom. The fourth-order valence-corrected chi connectivity index (χ4v) is 2.75. The van der Waals surface area contributed by atoms with Crippen molar-refractivity contribution in [3.05, 3.63) is 51.2 Å². The minimum absolute atomic E-state index is 0.317. The van der Waals surface area contributed by atoms with E-state index >= 15 is 0 Å². The Balaban J connectivity index is 2.37. The second-order valence-electron chi connectivity index (χ2n) is 4.19. The topological polar surface area (TPSA) is 57.6 Å². The maximum Gasteiger partial charge on any atom is 0.323 e. The SMILES string of the molecule is Cc1ccsc1C(=O)N(CC(=O)O)c1ccc(Cl)cc1. The third kappa shape index (κ3) is 3.18. The van der Waals surface area contributed by atoms with E-state index < -0.39 is 12.5 Å². The lowest BCUT2D eigenvalue weighted by Crippen LogP contribution is -2.35. The monoisotopic (exact) mass is 309 g/mol. The van der Waals surface area contributed by atoms with Gasteiger partial charge in [0.25, 0.3) is 5.91 Å². The lowest BCUT2D eigenvalue weighted by atomic mass is 10.2. The number of carbonyl (C=O) groups is 2. The van der Waals surface area contributed by atoms with Crippen LogP contribution in [0.3, 0.4) is 0 Å². The molecule has 1 amide bonds. The summed E-state index contributed by atoms with van der Waals surface area (Å²) in [4.78, 5) is 25.3. The number of carboxylic acids is 1. The van der Waals surface area contributed by atoms with Crippen LogP contribution >= 0.6 is 22.9 Å². The summed E-state index contributed by atoms with van der Waals surface area (Å²) in [6.45, 7) is 1.43. The van der Waals surface area contributed by atoms with Crippen LogP contribution in [-0.4, -0.2) is 23.5 Å². The van der Waals surface area contributed by atoms with Gasteiger partial charge in [-0.2, -0.15) is 0 Å². The average Bonchev–Trinajstić information content (AvgIpc) is 2.82. The molecule has 0 aliphatic carbocycles. The first-order valence-electron chi connectivity index (χ1n) is 5.82. The number of benzene rings is 1. The van der Waals surface area contributed by atoms with Gasteiger partial charge in [-0.3, -0.25) is 14.5 Å². The molecular weight excluding hydrogens is 298 g/mol. The normalized spacial score (nSPS) is 10.3. The summed E-state index contributed by atoms with van der Waals surface area (Å²) in [5.74, 6) is -1.38. The second kappa shape index (κ2) is 6.07. The average molecular weight is 310 g/mol. The number of amides is 1. The number of thiophene rings is 1. The Bertz CT molecular complexity index is 636. The van der Waals surface area contributed by atoms with Gasteiger partial charge in [0.05, 0.1) is 4.88 Å². The molecular formula is C14H12ClNO3S. The molecule has 104 valence electrons. The summed E-state index contributed by atoms with van der Waals surface area (Å²) >= 11 is 7.11. The predicted octanol–water partition coefficient (Wildman–Crippen LogP) is 3.44. The van der Waals surface area contributed by atoms with E-state index in [0.717, 1.165) is 5.56 Å². The molecule has 2 rings (SSSR count). The molecule has 20 heavy (non-hydrogen) atoms. The van der Waals surface area contributed by atoms with E-state index in [1.54, 1.807) is 24.3 Å². The molecule has 0 aliphatic rings. The zero-order chi connectivity index (χ0) is 14.7. The number of anilines is 1. The van der Waals surface area contributed by atoms with Crippen molar-refractivity contribution in [1.82, 2.24) is 0 Å². The van der Waals surface area contributed by atoms with E-state index in [0.29, 0.717) is 15.6 Å². The molecule has 0 saturated carbocycles. The molecule has 1 N–H and O–H groups in total. The van der Waals surface area contributed by atoms with Crippen molar-refractivity contribution in [3.63, 3.8) is 0 Å². The quantitative estimate of drug-likeness (QED) is 0.941. The number of aliphatic carboxylic acids is 1. The molecule has 0 spiro atoms. The van der Waals surface area contributed by atoms with Gasteiger partial charge >= 0.3 is 5.97 Å². The van der Waals surface area contributed by atoms with E-state index in [2.05, 4.69) is 0 Å². The third-order valence-electron chi connectivity index (χ3n) is 2.73. The highest BCUT2D eigenvalue weighted by molar-refractivity contribution is 7.12. The van der Waals surface area contributed by atoms with Crippen molar-refractivity contribution in [2.75, 3.05) is 11.4 Å². The molecule has 6 heteroatoms. The Morgan fingerprint density at radius 1 is 1.25 bits per heavy atom. The summed E-state index contributed by atoms with van der Waals surface area (Å²) in [5, 5.41) is 11.3. The summed E-state index contributed by atoms with van der Waals surface area (Å²) in [5.41, 5.74) is 1.35. The lowest BCUT2D eigenvalue weighted by molar-refractivity contribution is -0.135. The molecule has 0 bridgehead atoms. The molecule has 1 aromatic carbocycles. The highest BCUT2D eigenvalue weighted by Gasteiger charge is 2.22. The molecule has 0 saturated heterocycles. The molecule has 2 aromatic rings. The largest absolute Gasteiger partial charge is 0.480 e. The maximum atomic E-state index is 12.5. The fraction of sp³-hybridized carbons (Fsp3) is 0.143. The molecule has 1 heterocycles. The maximum absolute atomic E-state index is 12.5. The second-order valence-corrected chi connectivity index (χ2v) is 5.55. The minimum Gasteiger partial charge on any atom is -0.480 e. The Kier molecular flexibility index (Phi) is 4.42. The third-order valence-corrected chi connectivity index (χ3v) is 3.99. The number of carbonyl (C=O) groups excluding carboxylic acids is 1. The first kappa shape index (κ1) is 14.6. The summed E-state index contributed by atoms with van der Waals surface area (Å²) < 4.78 is 0. The van der Waals surface area contributed by atoms with Gasteiger partial charge in [0.2, 0.25) is 0 Å². The number of hydrogen-bond acceptors (Lipinski definition) is 3. The first-order chi connectivity index (χ1) is 9.49. The smallest absolute Gasteiger partial charge is 0.323 e. The van der Waals surface area contributed by atoms with Crippen molar-refractivity contribution in [2.24, 2.45) is 0 Å². The van der Waals surface area contributed by atoms with Crippen LogP contribution in [0.15, 0.2) is 35.7 Å². The summed E-state index contributed by atoms with van der Waals surface area (Å²) in [6, 6.07) is 8.34. The van der Waals surface area contributed by atoms with Gasteiger partial charge in [0, 0.05) is 10.7 Å². The minimum atomic E-state index is -1.07. The first-order valence-corrected chi connectivity index (χ1v) is 7.08. The van der Waals surface area contributed by atoms with E-state index in [1.807, 2.05) is 18.4 Å². The van der Waals surface area contributed by atoms with Crippen LogP contribution in [0.2, 0.25) is 5.02 Å². The number of carboxylic acid groups (broad SMARTS) is 1. The van der Waals surface area contributed by atoms with Crippen LogP contribution in [0, 0.1) is 6.92 Å². The van der Waals surface area contributed by atoms with Gasteiger partial charge in [0.1, 0.15) is 6.54 Å². The van der Waals surface area contributed by atoms with Crippen LogP contribution in [0.25, 0.3) is 0 Å². The highest BCUT2D eigenvalue weighted by Crippen LogP contribution is 2.23. The van der Waals surface area contributed by atoms with Crippen LogP contribution in [0.4, 0.5) is 5.69 Å². The Morgan fingerprint density at radius 3 is 2.40 bits per heavy atom. The van der Waals surface area contributed by atoms with Crippen molar-refractivity contribution >= 4 is 40.5 Å². The summed E-state index contributed by atoms with van der Waals surface area (Å²) in [7, 11) is 0.